The van der Waals surface area contributed by atoms with Gasteiger partial charge in [-0.15, -0.1) is 0 Å². The van der Waals surface area contributed by atoms with E-state index in [4.69, 9.17) is 11.5 Å². The van der Waals surface area contributed by atoms with Gasteiger partial charge in [-0.3, -0.25) is 9.59 Å². The Morgan fingerprint density at radius 3 is 1.75 bits per heavy atom. The molecule has 0 aromatic heterocycles. The summed E-state index contributed by atoms with van der Waals surface area (Å²) in [5, 5.41) is 9.39. The van der Waals surface area contributed by atoms with Crippen LogP contribution < -0.4 is 11.5 Å². The van der Waals surface area contributed by atoms with Crippen LogP contribution in [0, 0.1) is 5.92 Å². The van der Waals surface area contributed by atoms with Gasteiger partial charge in [0.2, 0.25) is 5.60 Å². The number of amides is 2. The van der Waals surface area contributed by atoms with E-state index in [1.807, 2.05) is 0 Å². The second-order valence-corrected chi connectivity index (χ2v) is 3.19. The van der Waals surface area contributed by atoms with E-state index in [0.717, 1.165) is 0 Å². The van der Waals surface area contributed by atoms with E-state index in [1.54, 1.807) is 13.8 Å². The second-order valence-electron chi connectivity index (χ2n) is 3.19. The molecule has 5 nitrogen and oxygen atoms in total. The predicted octanol–water partition coefficient (Wildman–Crippen LogP) is -1.27. The second kappa shape index (κ2) is 3.53. The Balaban J connectivity index is 4.63. The van der Waals surface area contributed by atoms with E-state index in [-0.39, 0.29) is 12.3 Å². The first-order valence-electron chi connectivity index (χ1n) is 3.63. The SMILES string of the molecule is CC(C)CC(O)(C(N)=O)C(N)=O. The summed E-state index contributed by atoms with van der Waals surface area (Å²) in [5.74, 6) is -2.22. The molecule has 0 heterocycles. The topological polar surface area (TPSA) is 106 Å². The lowest BCUT2D eigenvalue weighted by Gasteiger charge is -2.22. The van der Waals surface area contributed by atoms with Crippen molar-refractivity contribution >= 4 is 11.8 Å². The third kappa shape index (κ3) is 2.20. The van der Waals surface area contributed by atoms with Crippen LogP contribution >= 0.6 is 0 Å². The molecule has 0 aromatic rings. The molecule has 2 amide bonds. The lowest BCUT2D eigenvalue weighted by Crippen LogP contribution is -2.54. The molecule has 0 unspecified atom stereocenters. The van der Waals surface area contributed by atoms with E-state index in [2.05, 4.69) is 0 Å². The van der Waals surface area contributed by atoms with Gasteiger partial charge in [-0.05, 0) is 12.3 Å². The summed E-state index contributed by atoms with van der Waals surface area (Å²) < 4.78 is 0. The van der Waals surface area contributed by atoms with Gasteiger partial charge in [0.25, 0.3) is 11.8 Å². The highest BCUT2D eigenvalue weighted by atomic mass is 16.3. The molecule has 0 aliphatic carbocycles. The van der Waals surface area contributed by atoms with E-state index in [1.165, 1.54) is 0 Å². The molecule has 0 aromatic carbocycles. The predicted molar refractivity (Wildman–Crippen MR) is 42.8 cm³/mol. The van der Waals surface area contributed by atoms with E-state index in [9.17, 15) is 14.7 Å². The van der Waals surface area contributed by atoms with Crippen LogP contribution in [-0.2, 0) is 9.59 Å². The van der Waals surface area contributed by atoms with Crippen LogP contribution in [0.3, 0.4) is 0 Å². The number of rotatable bonds is 4. The lowest BCUT2D eigenvalue weighted by molar-refractivity contribution is -0.151. The third-order valence-corrected chi connectivity index (χ3v) is 1.52. The van der Waals surface area contributed by atoms with Gasteiger partial charge in [-0.25, -0.2) is 0 Å². The van der Waals surface area contributed by atoms with Crippen LogP contribution in [-0.4, -0.2) is 22.5 Å². The Morgan fingerprint density at radius 2 is 1.67 bits per heavy atom. The fourth-order valence-corrected chi connectivity index (χ4v) is 0.913. The molecule has 0 saturated carbocycles. The molecular formula is C7H14N2O3. The zero-order chi connectivity index (χ0) is 9.94. The molecule has 0 bridgehead atoms. The maximum Gasteiger partial charge on any atom is 0.259 e. The smallest absolute Gasteiger partial charge is 0.259 e. The highest BCUT2D eigenvalue weighted by molar-refractivity contribution is 6.06. The van der Waals surface area contributed by atoms with Gasteiger partial charge in [0.1, 0.15) is 0 Å². The van der Waals surface area contributed by atoms with E-state index in [0.29, 0.717) is 0 Å². The van der Waals surface area contributed by atoms with Gasteiger partial charge in [0.05, 0.1) is 0 Å². The van der Waals surface area contributed by atoms with Crippen molar-refractivity contribution in [1.82, 2.24) is 0 Å². The number of hydrogen-bond donors (Lipinski definition) is 3. The van der Waals surface area contributed by atoms with Gasteiger partial charge < -0.3 is 16.6 Å². The normalized spacial score (nSPS) is 11.7. The Bertz CT molecular complexity index is 187. The molecule has 0 radical (unpaired) electrons. The Kier molecular flexibility index (Phi) is 3.21. The Morgan fingerprint density at radius 1 is 1.33 bits per heavy atom. The van der Waals surface area contributed by atoms with Crippen molar-refractivity contribution < 1.29 is 14.7 Å². The highest BCUT2D eigenvalue weighted by Gasteiger charge is 2.40. The summed E-state index contributed by atoms with van der Waals surface area (Å²) in [6.07, 6.45) is -0.0440. The molecule has 0 spiro atoms. The fourth-order valence-electron chi connectivity index (χ4n) is 0.913. The number of carbonyl (C=O) groups is 2. The molecule has 5 heteroatoms. The van der Waals surface area contributed by atoms with E-state index < -0.39 is 17.4 Å². The monoisotopic (exact) mass is 174 g/mol. The fraction of sp³-hybridized carbons (Fsp3) is 0.714. The maximum absolute atomic E-state index is 10.7. The maximum atomic E-state index is 10.7. The summed E-state index contributed by atoms with van der Waals surface area (Å²) in [6, 6.07) is 0. The first-order chi connectivity index (χ1) is 5.30. The van der Waals surface area contributed by atoms with Crippen LogP contribution in [0.2, 0.25) is 0 Å². The van der Waals surface area contributed by atoms with Crippen molar-refractivity contribution in [2.45, 2.75) is 25.9 Å². The number of nitrogens with two attached hydrogens (primary N) is 2. The molecule has 0 fully saturated rings. The molecular weight excluding hydrogens is 160 g/mol. The van der Waals surface area contributed by atoms with Gasteiger partial charge in [0, 0.05) is 0 Å². The lowest BCUT2D eigenvalue weighted by atomic mass is 9.91. The van der Waals surface area contributed by atoms with Crippen LogP contribution in [0.5, 0.6) is 0 Å². The summed E-state index contributed by atoms with van der Waals surface area (Å²) in [4.78, 5) is 21.3. The first-order valence-corrected chi connectivity index (χ1v) is 3.63. The minimum Gasteiger partial charge on any atom is -0.372 e. The highest BCUT2D eigenvalue weighted by Crippen LogP contribution is 2.15. The van der Waals surface area contributed by atoms with Gasteiger partial charge in [-0.2, -0.15) is 0 Å². The average Bonchev–Trinajstić information content (AvgIpc) is 1.84. The van der Waals surface area contributed by atoms with Crippen molar-refractivity contribution in [2.75, 3.05) is 0 Å². The largest absolute Gasteiger partial charge is 0.372 e. The number of carbonyl (C=O) groups excluding carboxylic acids is 2. The third-order valence-electron chi connectivity index (χ3n) is 1.52. The Labute approximate surface area is 70.7 Å². The summed E-state index contributed by atoms with van der Waals surface area (Å²) in [7, 11) is 0. The van der Waals surface area contributed by atoms with Gasteiger partial charge in [-0.1, -0.05) is 13.8 Å². The van der Waals surface area contributed by atoms with Crippen LogP contribution in [0.25, 0.3) is 0 Å². The molecule has 5 N–H and O–H groups in total. The van der Waals surface area contributed by atoms with Gasteiger partial charge >= 0.3 is 0 Å². The van der Waals surface area contributed by atoms with Crippen LogP contribution in [0.4, 0.5) is 0 Å². The summed E-state index contributed by atoms with van der Waals surface area (Å²) in [6.45, 7) is 3.49. The van der Waals surface area contributed by atoms with Crippen LogP contribution in [0.1, 0.15) is 20.3 Å². The van der Waals surface area contributed by atoms with Crippen molar-refractivity contribution in [2.24, 2.45) is 17.4 Å². The van der Waals surface area contributed by atoms with Gasteiger partial charge in [0.15, 0.2) is 0 Å². The van der Waals surface area contributed by atoms with Crippen molar-refractivity contribution in [1.29, 1.82) is 0 Å². The van der Waals surface area contributed by atoms with Crippen molar-refractivity contribution in [3.63, 3.8) is 0 Å². The molecule has 0 saturated heterocycles. The molecule has 12 heavy (non-hydrogen) atoms. The van der Waals surface area contributed by atoms with Crippen molar-refractivity contribution in [3.8, 4) is 0 Å². The quantitative estimate of drug-likeness (QED) is 0.463. The molecule has 0 aliphatic heterocycles. The molecule has 0 rings (SSSR count). The number of primary amides is 2. The molecule has 0 aliphatic rings. The summed E-state index contributed by atoms with van der Waals surface area (Å²) in [5.41, 5.74) is 7.46. The minimum absolute atomic E-state index is 0.0324. The zero-order valence-electron chi connectivity index (χ0n) is 7.20. The average molecular weight is 174 g/mol. The minimum atomic E-state index is -2.20. The van der Waals surface area contributed by atoms with E-state index >= 15 is 0 Å². The standard InChI is InChI=1S/C7H14N2O3/c1-4(2)3-7(12,5(8)10)6(9)11/h4,12H,3H2,1-2H3,(H2,8,10)(H2,9,11). The number of aliphatic hydroxyl groups is 1. The molecule has 0 atom stereocenters. The zero-order valence-corrected chi connectivity index (χ0v) is 7.20. The summed E-state index contributed by atoms with van der Waals surface area (Å²) >= 11 is 0. The Hall–Kier alpha value is -1.10. The van der Waals surface area contributed by atoms with Crippen LogP contribution in [0.15, 0.2) is 0 Å². The first kappa shape index (κ1) is 10.9. The molecule has 70 valence electrons. The van der Waals surface area contributed by atoms with Crippen molar-refractivity contribution in [3.05, 3.63) is 0 Å². The number of hydrogen-bond acceptors (Lipinski definition) is 3.